The fourth-order valence-electron chi connectivity index (χ4n) is 3.47. The number of unbranched alkanes of at least 4 members (excludes halogenated alkanes) is 2. The van der Waals surface area contributed by atoms with Gasteiger partial charge in [-0.25, -0.2) is 0 Å². The number of hydrogen-bond donors (Lipinski definition) is 0. The Labute approximate surface area is 141 Å². The highest BCUT2D eigenvalue weighted by Gasteiger charge is 2.17. The molecule has 0 aromatic carbocycles. The van der Waals surface area contributed by atoms with E-state index in [1.807, 2.05) is 0 Å². The predicted molar refractivity (Wildman–Crippen MR) is 102 cm³/mol. The van der Waals surface area contributed by atoms with Crippen LogP contribution in [0.15, 0.2) is 0 Å². The summed E-state index contributed by atoms with van der Waals surface area (Å²) in [7, 11) is 0. The molecule has 2 heteroatoms. The van der Waals surface area contributed by atoms with E-state index in [1.165, 1.54) is 90.5 Å². The van der Waals surface area contributed by atoms with E-state index in [0.717, 1.165) is 6.04 Å². The smallest absolute Gasteiger partial charge is 0.0107 e. The highest BCUT2D eigenvalue weighted by Crippen LogP contribution is 2.15. The van der Waals surface area contributed by atoms with Crippen molar-refractivity contribution in [3.8, 4) is 0 Å². The third kappa shape index (κ3) is 10.6. The van der Waals surface area contributed by atoms with Crippen LogP contribution in [0.1, 0.15) is 92.4 Å². The Morgan fingerprint density at radius 2 is 1.18 bits per heavy atom. The van der Waals surface area contributed by atoms with Gasteiger partial charge in [0.2, 0.25) is 0 Å². The largest absolute Gasteiger partial charge is 0.303 e. The Morgan fingerprint density at radius 1 is 0.545 bits per heavy atom. The van der Waals surface area contributed by atoms with Crippen LogP contribution in [-0.2, 0) is 0 Å². The van der Waals surface area contributed by atoms with E-state index >= 15 is 0 Å². The van der Waals surface area contributed by atoms with Crippen LogP contribution < -0.4 is 0 Å². The van der Waals surface area contributed by atoms with Crippen molar-refractivity contribution in [2.75, 3.05) is 32.7 Å². The van der Waals surface area contributed by atoms with Gasteiger partial charge in [-0.05, 0) is 71.2 Å². The number of rotatable bonds is 16. The van der Waals surface area contributed by atoms with Gasteiger partial charge in [0.1, 0.15) is 0 Å². The fourth-order valence-corrected chi connectivity index (χ4v) is 3.47. The van der Waals surface area contributed by atoms with Crippen molar-refractivity contribution < 1.29 is 0 Å². The first-order valence-corrected chi connectivity index (χ1v) is 10.2. The molecule has 0 rings (SSSR count). The minimum Gasteiger partial charge on any atom is -0.303 e. The topological polar surface area (TPSA) is 6.48 Å². The summed E-state index contributed by atoms with van der Waals surface area (Å²) in [6, 6.07) is 0.804. The van der Waals surface area contributed by atoms with Gasteiger partial charge in [0.15, 0.2) is 0 Å². The first-order valence-electron chi connectivity index (χ1n) is 10.2. The molecule has 0 aromatic rings. The Kier molecular flexibility index (Phi) is 15.7. The Morgan fingerprint density at radius 3 is 1.68 bits per heavy atom. The second kappa shape index (κ2) is 15.8. The molecule has 0 saturated heterocycles. The molecule has 22 heavy (non-hydrogen) atoms. The van der Waals surface area contributed by atoms with Crippen LogP contribution in [0.4, 0.5) is 0 Å². The fraction of sp³-hybridized carbons (Fsp3) is 1.00. The van der Waals surface area contributed by atoms with Gasteiger partial charge in [-0.2, -0.15) is 0 Å². The van der Waals surface area contributed by atoms with Crippen molar-refractivity contribution in [3.63, 3.8) is 0 Å². The van der Waals surface area contributed by atoms with Crippen molar-refractivity contribution >= 4 is 0 Å². The second-order valence-corrected chi connectivity index (χ2v) is 6.82. The first-order chi connectivity index (χ1) is 10.7. The van der Waals surface area contributed by atoms with Gasteiger partial charge in [-0.3, -0.25) is 0 Å². The molecule has 2 nitrogen and oxygen atoms in total. The molecule has 0 N–H and O–H groups in total. The van der Waals surface area contributed by atoms with E-state index in [-0.39, 0.29) is 0 Å². The molecule has 0 amide bonds. The summed E-state index contributed by atoms with van der Waals surface area (Å²) in [5.41, 5.74) is 0. The molecule has 0 fully saturated rings. The lowest BCUT2D eigenvalue weighted by Gasteiger charge is -2.33. The molecule has 0 aliphatic rings. The maximum atomic E-state index is 2.80. The standard InChI is InChI=1S/C20H44N2/c1-6-11-12-18-22(17-10-5)20(13-7-2)14-19-21(15-8-3)16-9-4/h20H,6-19H2,1-5H3. The summed E-state index contributed by atoms with van der Waals surface area (Å²) in [5.74, 6) is 0. The maximum absolute atomic E-state index is 2.80. The summed E-state index contributed by atoms with van der Waals surface area (Å²) < 4.78 is 0. The monoisotopic (exact) mass is 312 g/mol. The summed E-state index contributed by atoms with van der Waals surface area (Å²) in [6.07, 6.45) is 12.0. The average Bonchev–Trinajstić information content (AvgIpc) is 2.51. The number of hydrogen-bond acceptors (Lipinski definition) is 2. The molecule has 134 valence electrons. The molecular weight excluding hydrogens is 268 g/mol. The third-order valence-corrected chi connectivity index (χ3v) is 4.56. The first kappa shape index (κ1) is 21.9. The number of nitrogens with zero attached hydrogens (tertiary/aromatic N) is 2. The van der Waals surface area contributed by atoms with Gasteiger partial charge >= 0.3 is 0 Å². The van der Waals surface area contributed by atoms with Crippen LogP contribution in [-0.4, -0.2) is 48.6 Å². The lowest BCUT2D eigenvalue weighted by molar-refractivity contribution is 0.151. The van der Waals surface area contributed by atoms with Crippen molar-refractivity contribution in [2.24, 2.45) is 0 Å². The normalized spacial score (nSPS) is 13.2. The maximum Gasteiger partial charge on any atom is 0.0107 e. The van der Waals surface area contributed by atoms with Gasteiger partial charge in [0, 0.05) is 6.04 Å². The quantitative estimate of drug-likeness (QED) is 0.344. The highest BCUT2D eigenvalue weighted by atomic mass is 15.2. The van der Waals surface area contributed by atoms with Crippen molar-refractivity contribution in [1.29, 1.82) is 0 Å². The lowest BCUT2D eigenvalue weighted by Crippen LogP contribution is -2.39. The molecule has 0 aliphatic carbocycles. The van der Waals surface area contributed by atoms with E-state index in [1.54, 1.807) is 0 Å². The Bertz CT molecular complexity index is 212. The van der Waals surface area contributed by atoms with Gasteiger partial charge in [0.25, 0.3) is 0 Å². The molecule has 1 atom stereocenters. The summed E-state index contributed by atoms with van der Waals surface area (Å²) in [5, 5.41) is 0. The van der Waals surface area contributed by atoms with Crippen LogP contribution in [0.5, 0.6) is 0 Å². The summed E-state index contributed by atoms with van der Waals surface area (Å²) in [6.45, 7) is 18.0. The zero-order chi connectivity index (χ0) is 16.6. The van der Waals surface area contributed by atoms with E-state index in [2.05, 4.69) is 44.4 Å². The molecule has 0 radical (unpaired) electrons. The summed E-state index contributed by atoms with van der Waals surface area (Å²) >= 11 is 0. The molecule has 0 saturated carbocycles. The van der Waals surface area contributed by atoms with E-state index < -0.39 is 0 Å². The Hall–Kier alpha value is -0.0800. The van der Waals surface area contributed by atoms with Crippen LogP contribution in [0, 0.1) is 0 Å². The molecular formula is C20H44N2. The summed E-state index contributed by atoms with van der Waals surface area (Å²) in [4.78, 5) is 5.48. The molecule has 0 aliphatic heterocycles. The zero-order valence-electron chi connectivity index (χ0n) is 16.4. The van der Waals surface area contributed by atoms with E-state index in [9.17, 15) is 0 Å². The van der Waals surface area contributed by atoms with Gasteiger partial charge in [0.05, 0.1) is 0 Å². The second-order valence-electron chi connectivity index (χ2n) is 6.82. The van der Waals surface area contributed by atoms with Gasteiger partial charge in [-0.1, -0.05) is 53.9 Å². The molecule has 0 bridgehead atoms. The third-order valence-electron chi connectivity index (χ3n) is 4.56. The van der Waals surface area contributed by atoms with Crippen LogP contribution in [0.25, 0.3) is 0 Å². The lowest BCUT2D eigenvalue weighted by atomic mass is 10.0. The van der Waals surface area contributed by atoms with Gasteiger partial charge < -0.3 is 9.80 Å². The van der Waals surface area contributed by atoms with Crippen LogP contribution in [0.3, 0.4) is 0 Å². The average molecular weight is 313 g/mol. The van der Waals surface area contributed by atoms with Gasteiger partial charge in [-0.15, -0.1) is 0 Å². The van der Waals surface area contributed by atoms with Crippen molar-refractivity contribution in [3.05, 3.63) is 0 Å². The highest BCUT2D eigenvalue weighted by molar-refractivity contribution is 4.74. The molecule has 0 spiro atoms. The van der Waals surface area contributed by atoms with Crippen LogP contribution >= 0.6 is 0 Å². The van der Waals surface area contributed by atoms with Crippen LogP contribution in [0.2, 0.25) is 0 Å². The minimum atomic E-state index is 0.804. The minimum absolute atomic E-state index is 0.804. The van der Waals surface area contributed by atoms with Crippen molar-refractivity contribution in [1.82, 2.24) is 9.80 Å². The van der Waals surface area contributed by atoms with E-state index in [4.69, 9.17) is 0 Å². The Balaban J connectivity index is 4.47. The molecule has 1 unspecified atom stereocenters. The predicted octanol–water partition coefficient (Wildman–Crippen LogP) is 5.57. The SMILES string of the molecule is CCCCCN(CCC)C(CCC)CCN(CCC)CCC. The zero-order valence-corrected chi connectivity index (χ0v) is 16.4. The molecule has 0 aromatic heterocycles. The van der Waals surface area contributed by atoms with Crippen molar-refractivity contribution in [2.45, 2.75) is 98.4 Å². The molecule has 0 heterocycles. The van der Waals surface area contributed by atoms with E-state index in [0.29, 0.717) is 0 Å².